The molecule has 21 heavy (non-hydrogen) atoms. The molecule has 0 amide bonds. The number of benzene rings is 2. The maximum Gasteiger partial charge on any atom is 0.131 e. The van der Waals surface area contributed by atoms with E-state index in [1.165, 1.54) is 0 Å². The minimum Gasteiger partial charge on any atom is -0.488 e. The molecule has 0 aliphatic carbocycles. The third-order valence-electron chi connectivity index (χ3n) is 3.85. The molecular weight excluding hydrogens is 289 g/mol. The first kappa shape index (κ1) is 15.8. The van der Waals surface area contributed by atoms with Crippen LogP contribution in [0.3, 0.4) is 0 Å². The molecule has 0 radical (unpaired) electrons. The van der Waals surface area contributed by atoms with Gasteiger partial charge in [0.15, 0.2) is 0 Å². The van der Waals surface area contributed by atoms with E-state index in [4.69, 9.17) is 10.5 Å². The first-order chi connectivity index (χ1) is 9.69. The third-order valence-corrected chi connectivity index (χ3v) is 3.85. The van der Waals surface area contributed by atoms with Crippen LogP contribution in [0.5, 0.6) is 5.75 Å². The molecule has 2 nitrogen and oxygen atoms in total. The van der Waals surface area contributed by atoms with Crippen molar-refractivity contribution < 1.29 is 9.13 Å². The van der Waals surface area contributed by atoms with Crippen LogP contribution in [0.2, 0.25) is 0 Å². The first-order valence-corrected chi connectivity index (χ1v) is 6.94. The standard InChI is InChI=1S/C17H18FNO.ClH/c1-11-4-2-3-5-15(11)16-9-13(18)8-12-6-7-14(10-19)20-17(12)16;/h2-5,8-9,14H,6-7,10,19H2,1H3;1H/t14-;/m0./s1. The Kier molecular flexibility index (Phi) is 4.86. The summed E-state index contributed by atoms with van der Waals surface area (Å²) in [5, 5.41) is 0. The second-order valence-corrected chi connectivity index (χ2v) is 5.27. The van der Waals surface area contributed by atoms with E-state index in [0.29, 0.717) is 6.54 Å². The van der Waals surface area contributed by atoms with E-state index in [1.54, 1.807) is 12.1 Å². The Bertz CT molecular complexity index is 645. The quantitative estimate of drug-likeness (QED) is 0.914. The molecule has 1 heterocycles. The molecule has 0 bridgehead atoms. The van der Waals surface area contributed by atoms with Crippen molar-refractivity contribution in [1.82, 2.24) is 0 Å². The highest BCUT2D eigenvalue weighted by atomic mass is 35.5. The zero-order valence-electron chi connectivity index (χ0n) is 11.9. The largest absolute Gasteiger partial charge is 0.488 e. The fourth-order valence-corrected chi connectivity index (χ4v) is 2.76. The molecule has 1 aliphatic rings. The molecule has 2 N–H and O–H groups in total. The molecule has 0 saturated heterocycles. The fraction of sp³-hybridized carbons (Fsp3) is 0.294. The number of aryl methyl sites for hydroxylation is 2. The highest BCUT2D eigenvalue weighted by Gasteiger charge is 2.23. The van der Waals surface area contributed by atoms with Gasteiger partial charge in [0.1, 0.15) is 17.7 Å². The van der Waals surface area contributed by atoms with Crippen LogP contribution in [0, 0.1) is 12.7 Å². The molecule has 2 aromatic carbocycles. The van der Waals surface area contributed by atoms with Crippen LogP contribution in [0.4, 0.5) is 4.39 Å². The van der Waals surface area contributed by atoms with Crippen molar-refractivity contribution in [2.45, 2.75) is 25.9 Å². The Hall–Kier alpha value is -1.58. The van der Waals surface area contributed by atoms with E-state index in [-0.39, 0.29) is 24.3 Å². The lowest BCUT2D eigenvalue weighted by molar-refractivity contribution is 0.182. The van der Waals surface area contributed by atoms with Crippen LogP contribution in [0.1, 0.15) is 17.5 Å². The number of halogens is 2. The van der Waals surface area contributed by atoms with Crippen LogP contribution in [0.25, 0.3) is 11.1 Å². The Morgan fingerprint density at radius 2 is 2.00 bits per heavy atom. The van der Waals surface area contributed by atoms with Crippen LogP contribution in [0.15, 0.2) is 36.4 Å². The zero-order chi connectivity index (χ0) is 14.1. The van der Waals surface area contributed by atoms with E-state index >= 15 is 0 Å². The van der Waals surface area contributed by atoms with Crippen molar-refractivity contribution in [1.29, 1.82) is 0 Å². The van der Waals surface area contributed by atoms with Gasteiger partial charge in [-0.2, -0.15) is 0 Å². The number of rotatable bonds is 2. The number of hydrogen-bond donors (Lipinski definition) is 1. The minimum absolute atomic E-state index is 0. The molecule has 0 unspecified atom stereocenters. The van der Waals surface area contributed by atoms with Gasteiger partial charge in [0.25, 0.3) is 0 Å². The lowest BCUT2D eigenvalue weighted by Gasteiger charge is -2.27. The highest BCUT2D eigenvalue weighted by Crippen LogP contribution is 2.39. The van der Waals surface area contributed by atoms with Crippen molar-refractivity contribution >= 4 is 12.4 Å². The van der Waals surface area contributed by atoms with E-state index in [0.717, 1.165) is 40.8 Å². The second-order valence-electron chi connectivity index (χ2n) is 5.27. The molecule has 2 aromatic rings. The van der Waals surface area contributed by atoms with Crippen molar-refractivity contribution in [3.63, 3.8) is 0 Å². The van der Waals surface area contributed by atoms with Crippen molar-refractivity contribution in [2.24, 2.45) is 5.73 Å². The summed E-state index contributed by atoms with van der Waals surface area (Å²) in [5.41, 5.74) is 9.60. The van der Waals surface area contributed by atoms with Crippen LogP contribution < -0.4 is 10.5 Å². The van der Waals surface area contributed by atoms with Gasteiger partial charge in [0.05, 0.1) is 0 Å². The highest BCUT2D eigenvalue weighted by molar-refractivity contribution is 5.85. The van der Waals surface area contributed by atoms with Gasteiger partial charge in [0.2, 0.25) is 0 Å². The number of hydrogen-bond acceptors (Lipinski definition) is 2. The Labute approximate surface area is 130 Å². The number of nitrogens with two attached hydrogens (primary N) is 1. The summed E-state index contributed by atoms with van der Waals surface area (Å²) in [6, 6.07) is 11.1. The van der Waals surface area contributed by atoms with Gasteiger partial charge in [-0.05, 0) is 48.6 Å². The molecule has 0 fully saturated rings. The summed E-state index contributed by atoms with van der Waals surface area (Å²) in [5.74, 6) is 0.583. The van der Waals surface area contributed by atoms with E-state index in [2.05, 4.69) is 0 Å². The van der Waals surface area contributed by atoms with Gasteiger partial charge in [-0.1, -0.05) is 24.3 Å². The number of fused-ring (bicyclic) bond motifs is 1. The smallest absolute Gasteiger partial charge is 0.131 e. The maximum atomic E-state index is 13.9. The fourth-order valence-electron chi connectivity index (χ4n) is 2.76. The summed E-state index contributed by atoms with van der Waals surface area (Å²) < 4.78 is 19.9. The van der Waals surface area contributed by atoms with Crippen molar-refractivity contribution in [3.05, 3.63) is 53.3 Å². The molecule has 0 saturated carbocycles. The summed E-state index contributed by atoms with van der Waals surface area (Å²) >= 11 is 0. The van der Waals surface area contributed by atoms with Gasteiger partial charge in [-0.25, -0.2) is 4.39 Å². The lowest BCUT2D eigenvalue weighted by Crippen LogP contribution is -2.30. The normalized spacial score (nSPS) is 16.6. The summed E-state index contributed by atoms with van der Waals surface area (Å²) in [6.07, 6.45) is 1.68. The molecule has 4 heteroatoms. The molecule has 1 aliphatic heterocycles. The van der Waals surface area contributed by atoms with Gasteiger partial charge >= 0.3 is 0 Å². The second kappa shape index (κ2) is 6.46. The van der Waals surface area contributed by atoms with Crippen molar-refractivity contribution in [3.8, 4) is 16.9 Å². The summed E-state index contributed by atoms with van der Waals surface area (Å²) in [4.78, 5) is 0. The van der Waals surface area contributed by atoms with Gasteiger partial charge < -0.3 is 10.5 Å². The van der Waals surface area contributed by atoms with Gasteiger partial charge in [-0.3, -0.25) is 0 Å². The molecular formula is C17H19ClFNO. The first-order valence-electron chi connectivity index (χ1n) is 6.94. The number of ether oxygens (including phenoxy) is 1. The molecule has 0 aromatic heterocycles. The summed E-state index contributed by atoms with van der Waals surface area (Å²) in [6.45, 7) is 2.51. The van der Waals surface area contributed by atoms with Crippen LogP contribution in [-0.2, 0) is 6.42 Å². The topological polar surface area (TPSA) is 35.2 Å². The Morgan fingerprint density at radius 3 is 2.71 bits per heavy atom. The molecule has 3 rings (SSSR count). The average molecular weight is 308 g/mol. The zero-order valence-corrected chi connectivity index (χ0v) is 12.8. The SMILES string of the molecule is Cc1ccccc1-c1cc(F)cc2c1O[C@H](CN)CC2.Cl. The lowest BCUT2D eigenvalue weighted by atomic mass is 9.93. The Balaban J connectivity index is 0.00000161. The van der Waals surface area contributed by atoms with E-state index in [9.17, 15) is 4.39 Å². The van der Waals surface area contributed by atoms with Gasteiger partial charge in [-0.15, -0.1) is 12.4 Å². The van der Waals surface area contributed by atoms with Crippen LogP contribution >= 0.6 is 12.4 Å². The van der Waals surface area contributed by atoms with Gasteiger partial charge in [0, 0.05) is 12.1 Å². The predicted octanol–water partition coefficient (Wildman–Crippen LogP) is 3.88. The predicted molar refractivity (Wildman–Crippen MR) is 85.6 cm³/mol. The van der Waals surface area contributed by atoms with E-state index in [1.807, 2.05) is 31.2 Å². The Morgan fingerprint density at radius 1 is 1.24 bits per heavy atom. The molecule has 0 spiro atoms. The summed E-state index contributed by atoms with van der Waals surface area (Å²) in [7, 11) is 0. The van der Waals surface area contributed by atoms with E-state index < -0.39 is 0 Å². The maximum absolute atomic E-state index is 13.9. The monoisotopic (exact) mass is 307 g/mol. The molecule has 112 valence electrons. The third kappa shape index (κ3) is 3.04. The average Bonchev–Trinajstić information content (AvgIpc) is 2.46. The van der Waals surface area contributed by atoms with Crippen molar-refractivity contribution in [2.75, 3.05) is 6.54 Å². The minimum atomic E-state index is -0.211. The molecule has 1 atom stereocenters. The van der Waals surface area contributed by atoms with Crippen LogP contribution in [-0.4, -0.2) is 12.6 Å².